The second-order valence-corrected chi connectivity index (χ2v) is 5.77. The van der Waals surface area contributed by atoms with Gasteiger partial charge in [0.2, 0.25) is 5.91 Å². The minimum atomic E-state index is -0.0467. The molecule has 2 saturated heterocycles. The molecule has 2 aliphatic heterocycles. The molecule has 1 aromatic heterocycles. The highest BCUT2D eigenvalue weighted by molar-refractivity contribution is 9.10. The van der Waals surface area contributed by atoms with Crippen LogP contribution in [0.2, 0.25) is 0 Å². The van der Waals surface area contributed by atoms with Crippen LogP contribution in [0.4, 0.5) is 5.82 Å². The Labute approximate surface area is 119 Å². The summed E-state index contributed by atoms with van der Waals surface area (Å²) in [6, 6.07) is 1.78. The summed E-state index contributed by atoms with van der Waals surface area (Å²) >= 11 is 3.38. The number of amides is 1. The maximum absolute atomic E-state index is 12.2. The average Bonchev–Trinajstić information content (AvgIpc) is 3.03. The van der Waals surface area contributed by atoms with E-state index in [1.165, 1.54) is 0 Å². The zero-order chi connectivity index (χ0) is 13.4. The Morgan fingerprint density at radius 2 is 2.42 bits per heavy atom. The van der Waals surface area contributed by atoms with Crippen molar-refractivity contribution in [1.82, 2.24) is 4.98 Å². The lowest BCUT2D eigenvalue weighted by Crippen LogP contribution is -2.30. The van der Waals surface area contributed by atoms with E-state index in [2.05, 4.69) is 26.2 Å². The van der Waals surface area contributed by atoms with Gasteiger partial charge in [0, 0.05) is 0 Å². The Hall–Kier alpha value is -1.14. The van der Waals surface area contributed by atoms with E-state index in [0.29, 0.717) is 16.0 Å². The van der Waals surface area contributed by atoms with Crippen molar-refractivity contribution in [3.05, 3.63) is 16.7 Å². The lowest BCUT2D eigenvalue weighted by molar-refractivity contribution is -0.121. The van der Waals surface area contributed by atoms with Crippen molar-refractivity contribution in [2.75, 3.05) is 12.4 Å². The molecule has 102 valence electrons. The van der Waals surface area contributed by atoms with Gasteiger partial charge in [0.25, 0.3) is 0 Å². The smallest absolute Gasteiger partial charge is 0.231 e. The number of nitrogens with one attached hydrogen (secondary N) is 1. The number of hydrogen-bond donors (Lipinski definition) is 1. The van der Waals surface area contributed by atoms with E-state index >= 15 is 0 Å². The molecule has 6 heteroatoms. The van der Waals surface area contributed by atoms with Gasteiger partial charge < -0.3 is 14.8 Å². The number of methoxy groups -OCH3 is 1. The number of ether oxygens (including phenoxy) is 2. The second kappa shape index (κ2) is 5.09. The van der Waals surface area contributed by atoms with Crippen LogP contribution in [0, 0.1) is 5.92 Å². The predicted molar refractivity (Wildman–Crippen MR) is 73.1 cm³/mol. The number of anilines is 1. The number of nitrogens with zero attached hydrogens (tertiary/aromatic N) is 1. The molecule has 5 nitrogen and oxygen atoms in total. The van der Waals surface area contributed by atoms with E-state index in [9.17, 15) is 4.79 Å². The van der Waals surface area contributed by atoms with Gasteiger partial charge in [-0.25, -0.2) is 4.98 Å². The van der Waals surface area contributed by atoms with Crippen molar-refractivity contribution in [3.63, 3.8) is 0 Å². The summed E-state index contributed by atoms with van der Waals surface area (Å²) in [5.41, 5.74) is 0. The van der Waals surface area contributed by atoms with E-state index in [1.807, 2.05) is 0 Å². The van der Waals surface area contributed by atoms with Gasteiger partial charge >= 0.3 is 0 Å². The first-order valence-electron chi connectivity index (χ1n) is 6.33. The zero-order valence-electron chi connectivity index (χ0n) is 10.6. The minimum absolute atomic E-state index is 0.00873. The topological polar surface area (TPSA) is 60.5 Å². The molecule has 1 amide bonds. The molecule has 3 rings (SSSR count). The lowest BCUT2D eigenvalue weighted by Gasteiger charge is -2.18. The van der Waals surface area contributed by atoms with Crippen molar-refractivity contribution >= 4 is 27.7 Å². The Morgan fingerprint density at radius 3 is 3.00 bits per heavy atom. The quantitative estimate of drug-likeness (QED) is 0.926. The van der Waals surface area contributed by atoms with Gasteiger partial charge in [0.1, 0.15) is 11.6 Å². The Kier molecular flexibility index (Phi) is 3.45. The third-order valence-electron chi connectivity index (χ3n) is 3.74. The normalized spacial score (nSPS) is 28.4. The molecule has 0 radical (unpaired) electrons. The molecular weight excluding hydrogens is 312 g/mol. The molecule has 2 aliphatic rings. The molecule has 3 atom stereocenters. The van der Waals surface area contributed by atoms with Crippen LogP contribution in [-0.4, -0.2) is 30.2 Å². The number of fused-ring (bicyclic) bond motifs is 2. The molecule has 0 spiro atoms. The van der Waals surface area contributed by atoms with Crippen LogP contribution in [-0.2, 0) is 9.53 Å². The highest BCUT2D eigenvalue weighted by Gasteiger charge is 2.44. The largest absolute Gasteiger partial charge is 0.495 e. The molecule has 3 heterocycles. The molecule has 2 bridgehead atoms. The summed E-state index contributed by atoms with van der Waals surface area (Å²) in [5.74, 6) is 1.11. The van der Waals surface area contributed by atoms with Crippen molar-refractivity contribution in [3.8, 4) is 5.75 Å². The number of carbonyl (C=O) groups excluding carboxylic acids is 1. The van der Waals surface area contributed by atoms with Crippen molar-refractivity contribution < 1.29 is 14.3 Å². The van der Waals surface area contributed by atoms with Crippen LogP contribution < -0.4 is 10.1 Å². The third-order valence-corrected chi connectivity index (χ3v) is 4.34. The Bertz CT molecular complexity index is 509. The van der Waals surface area contributed by atoms with Crippen LogP contribution in [0.3, 0.4) is 0 Å². The molecule has 19 heavy (non-hydrogen) atoms. The first-order chi connectivity index (χ1) is 9.17. The summed E-state index contributed by atoms with van der Waals surface area (Å²) in [7, 11) is 1.58. The number of aromatic nitrogens is 1. The number of hydrogen-bond acceptors (Lipinski definition) is 4. The standard InChI is InChI=1S/C13H15BrN2O3/c1-18-8-5-10(14)12(15-6-8)16-13(17)9-4-7-2-3-11(9)19-7/h5-7,9,11H,2-4H2,1H3,(H,15,16,17)/t7-,9-,11+/m1/s1. The molecular formula is C13H15BrN2O3. The zero-order valence-corrected chi connectivity index (χ0v) is 12.1. The Balaban J connectivity index is 1.69. The van der Waals surface area contributed by atoms with Crippen molar-refractivity contribution in [1.29, 1.82) is 0 Å². The van der Waals surface area contributed by atoms with Gasteiger partial charge in [-0.05, 0) is 41.3 Å². The van der Waals surface area contributed by atoms with E-state index in [4.69, 9.17) is 9.47 Å². The maximum atomic E-state index is 12.2. The van der Waals surface area contributed by atoms with Crippen molar-refractivity contribution in [2.45, 2.75) is 31.5 Å². The fourth-order valence-electron chi connectivity index (χ4n) is 2.75. The van der Waals surface area contributed by atoms with Gasteiger partial charge in [-0.1, -0.05) is 0 Å². The number of rotatable bonds is 3. The van der Waals surface area contributed by atoms with Crippen LogP contribution in [0.1, 0.15) is 19.3 Å². The third kappa shape index (κ3) is 2.47. The summed E-state index contributed by atoms with van der Waals surface area (Å²) in [4.78, 5) is 16.4. The molecule has 1 aromatic rings. The number of carbonyl (C=O) groups is 1. The summed E-state index contributed by atoms with van der Waals surface area (Å²) < 4.78 is 11.5. The molecule has 0 saturated carbocycles. The second-order valence-electron chi connectivity index (χ2n) is 4.91. The van der Waals surface area contributed by atoms with Gasteiger partial charge in [0.15, 0.2) is 0 Å². The molecule has 0 unspecified atom stereocenters. The van der Waals surface area contributed by atoms with Gasteiger partial charge in [-0.2, -0.15) is 0 Å². The van der Waals surface area contributed by atoms with Crippen LogP contribution in [0.25, 0.3) is 0 Å². The fourth-order valence-corrected chi connectivity index (χ4v) is 3.17. The maximum Gasteiger partial charge on any atom is 0.231 e. The van der Waals surface area contributed by atoms with Crippen LogP contribution in [0.15, 0.2) is 16.7 Å². The Morgan fingerprint density at radius 1 is 1.58 bits per heavy atom. The molecule has 0 aromatic carbocycles. The number of pyridine rings is 1. The van der Waals surface area contributed by atoms with Crippen LogP contribution in [0.5, 0.6) is 5.75 Å². The summed E-state index contributed by atoms with van der Waals surface area (Å²) in [6.07, 6.45) is 4.83. The minimum Gasteiger partial charge on any atom is -0.495 e. The van der Waals surface area contributed by atoms with E-state index in [0.717, 1.165) is 19.3 Å². The first kappa shape index (κ1) is 12.9. The highest BCUT2D eigenvalue weighted by atomic mass is 79.9. The molecule has 1 N–H and O–H groups in total. The van der Waals surface area contributed by atoms with E-state index in [1.54, 1.807) is 19.4 Å². The summed E-state index contributed by atoms with van der Waals surface area (Å²) in [6.45, 7) is 0. The first-order valence-corrected chi connectivity index (χ1v) is 7.12. The van der Waals surface area contributed by atoms with Crippen molar-refractivity contribution in [2.24, 2.45) is 5.92 Å². The lowest BCUT2D eigenvalue weighted by atomic mass is 9.88. The SMILES string of the molecule is COc1cnc(NC(=O)[C@@H]2C[C@H]3CC[C@@H]2O3)c(Br)c1. The van der Waals surface area contributed by atoms with E-state index < -0.39 is 0 Å². The fraction of sp³-hybridized carbons (Fsp3) is 0.538. The van der Waals surface area contributed by atoms with Gasteiger partial charge in [-0.3, -0.25) is 4.79 Å². The predicted octanol–water partition coefficient (Wildman–Crippen LogP) is 2.36. The van der Waals surface area contributed by atoms with Gasteiger partial charge in [-0.15, -0.1) is 0 Å². The number of halogens is 1. The summed E-state index contributed by atoms with van der Waals surface area (Å²) in [5, 5.41) is 2.86. The molecule has 2 fully saturated rings. The average molecular weight is 327 g/mol. The highest BCUT2D eigenvalue weighted by Crippen LogP contribution is 2.39. The monoisotopic (exact) mass is 326 g/mol. The molecule has 0 aliphatic carbocycles. The van der Waals surface area contributed by atoms with E-state index in [-0.39, 0.29) is 24.0 Å². The van der Waals surface area contributed by atoms with Gasteiger partial charge in [0.05, 0.1) is 35.9 Å². The van der Waals surface area contributed by atoms with Crippen LogP contribution >= 0.6 is 15.9 Å².